The van der Waals surface area contributed by atoms with E-state index in [0.29, 0.717) is 0 Å². The van der Waals surface area contributed by atoms with Crippen molar-refractivity contribution in [1.82, 2.24) is 0 Å². The Balaban J connectivity index is 2.89. The second kappa shape index (κ2) is 19.3. The first-order chi connectivity index (χ1) is 9.91. The van der Waals surface area contributed by atoms with Crippen molar-refractivity contribution in [3.05, 3.63) is 0 Å². The third kappa shape index (κ3) is 18.3. The molecule has 0 atom stereocenters. The van der Waals surface area contributed by atoms with Gasteiger partial charge in [-0.3, -0.25) is 0 Å². The van der Waals surface area contributed by atoms with Crippen molar-refractivity contribution >= 4 is 12.0 Å². The highest BCUT2D eigenvalue weighted by atomic mass is 32.2. The van der Waals surface area contributed by atoms with Gasteiger partial charge in [0.15, 0.2) is 0 Å². The van der Waals surface area contributed by atoms with Gasteiger partial charge in [-0.05, 0) is 18.5 Å². The molecule has 122 valence electrons. The van der Waals surface area contributed by atoms with Gasteiger partial charge in [-0.15, -0.1) is 0 Å². The lowest BCUT2D eigenvalue weighted by atomic mass is 10.0. The van der Waals surface area contributed by atoms with Crippen molar-refractivity contribution in [3.63, 3.8) is 0 Å². The lowest BCUT2D eigenvalue weighted by Crippen LogP contribution is -1.84. The minimum Gasteiger partial charge on any atom is -0.330 e. The molecule has 0 spiro atoms. The van der Waals surface area contributed by atoms with Gasteiger partial charge in [-0.25, -0.2) is 0 Å². The molecule has 0 unspecified atom stereocenters. The maximum atomic E-state index is 8.60. The summed E-state index contributed by atoms with van der Waals surface area (Å²) in [5, 5.41) is 0. The Kier molecular flexibility index (Phi) is 19.6. The van der Waals surface area contributed by atoms with Gasteiger partial charge in [0.25, 0.3) is 0 Å². The molecule has 0 fully saturated rings. The summed E-state index contributed by atoms with van der Waals surface area (Å²) in [4.78, 5) is 0. The second-order valence-electron chi connectivity index (χ2n) is 6.14. The first-order valence-corrected chi connectivity index (χ1v) is 10.1. The van der Waals surface area contributed by atoms with Gasteiger partial charge in [0.2, 0.25) is 0 Å². The highest BCUT2D eigenvalue weighted by Crippen LogP contribution is 2.13. The first-order valence-electron chi connectivity index (χ1n) is 9.18. The monoisotopic (exact) mass is 302 g/mol. The van der Waals surface area contributed by atoms with E-state index < -0.39 is 0 Å². The highest BCUT2D eigenvalue weighted by Gasteiger charge is 1.94. The quantitative estimate of drug-likeness (QED) is 0.222. The van der Waals surface area contributed by atoms with Gasteiger partial charge in [0.05, 0.1) is 0 Å². The van der Waals surface area contributed by atoms with Crippen LogP contribution in [0.1, 0.15) is 110 Å². The number of unbranched alkanes of at least 4 members (excludes halogenated alkanes) is 15. The van der Waals surface area contributed by atoms with E-state index in [1.54, 1.807) is 0 Å². The summed E-state index contributed by atoms with van der Waals surface area (Å²) < 4.78 is 8.60. The first kappa shape index (κ1) is 20.3. The molecule has 0 saturated carbocycles. The van der Waals surface area contributed by atoms with E-state index in [9.17, 15) is 0 Å². The van der Waals surface area contributed by atoms with Crippen LogP contribution in [-0.2, 0) is 0 Å². The fraction of sp³-hybridized carbons (Fsp3) is 1.00. The molecule has 0 heterocycles. The van der Waals surface area contributed by atoms with E-state index in [0.717, 1.165) is 17.8 Å². The minimum absolute atomic E-state index is 0.915. The third-order valence-electron chi connectivity index (χ3n) is 4.09. The van der Waals surface area contributed by atoms with Crippen LogP contribution in [0.25, 0.3) is 0 Å². The Morgan fingerprint density at radius 3 is 1.10 bits per heavy atom. The number of hydrogen-bond acceptors (Lipinski definition) is 2. The Morgan fingerprint density at radius 2 is 0.800 bits per heavy atom. The van der Waals surface area contributed by atoms with Crippen molar-refractivity contribution in [2.75, 3.05) is 5.75 Å². The summed E-state index contributed by atoms with van der Waals surface area (Å²) >= 11 is 0.988. The molecule has 0 aliphatic rings. The highest BCUT2D eigenvalue weighted by molar-refractivity contribution is 7.93. The van der Waals surface area contributed by atoms with Crippen LogP contribution < -0.4 is 0 Å². The van der Waals surface area contributed by atoms with Crippen LogP contribution in [0.3, 0.4) is 0 Å². The SMILES string of the molecule is CCCCCCCCCCCCCCCCCCSO. The maximum Gasteiger partial charge on any atom is 0.0195 e. The molecule has 0 aliphatic carbocycles. The van der Waals surface area contributed by atoms with Crippen molar-refractivity contribution in [2.45, 2.75) is 110 Å². The zero-order valence-electron chi connectivity index (χ0n) is 13.9. The summed E-state index contributed by atoms with van der Waals surface area (Å²) in [7, 11) is 0. The zero-order chi connectivity index (χ0) is 14.7. The lowest BCUT2D eigenvalue weighted by molar-refractivity contribution is 0.531. The largest absolute Gasteiger partial charge is 0.330 e. The van der Waals surface area contributed by atoms with E-state index in [4.69, 9.17) is 4.55 Å². The van der Waals surface area contributed by atoms with Gasteiger partial charge >= 0.3 is 0 Å². The standard InChI is InChI=1S/C18H38OS/c1-2-3-4-5-6-7-8-9-10-11-12-13-14-15-16-17-18-20-19/h19H,2-18H2,1H3. The molecule has 1 N–H and O–H groups in total. The predicted octanol–water partition coefficient (Wildman–Crippen LogP) is 7.45. The van der Waals surface area contributed by atoms with Crippen LogP contribution in [-0.4, -0.2) is 10.3 Å². The van der Waals surface area contributed by atoms with Crippen molar-refractivity contribution < 1.29 is 4.55 Å². The van der Waals surface area contributed by atoms with Crippen LogP contribution in [0.15, 0.2) is 0 Å². The molecule has 0 aliphatic heterocycles. The molecule has 0 amide bonds. The molecular weight excluding hydrogens is 264 g/mol. The molecule has 20 heavy (non-hydrogen) atoms. The number of hydrogen-bond donors (Lipinski definition) is 1. The van der Waals surface area contributed by atoms with E-state index >= 15 is 0 Å². The number of rotatable bonds is 17. The van der Waals surface area contributed by atoms with Crippen molar-refractivity contribution in [2.24, 2.45) is 0 Å². The van der Waals surface area contributed by atoms with Crippen LogP contribution in [0, 0.1) is 0 Å². The van der Waals surface area contributed by atoms with E-state index in [1.165, 1.54) is 103 Å². The van der Waals surface area contributed by atoms with Crippen molar-refractivity contribution in [3.8, 4) is 0 Å². The average Bonchev–Trinajstić information content (AvgIpc) is 2.47. The summed E-state index contributed by atoms with van der Waals surface area (Å²) in [5.74, 6) is 0.915. The van der Waals surface area contributed by atoms with Crippen LogP contribution in [0.2, 0.25) is 0 Å². The van der Waals surface area contributed by atoms with Gasteiger partial charge in [-0.2, -0.15) is 0 Å². The van der Waals surface area contributed by atoms with Gasteiger partial charge in [-0.1, -0.05) is 103 Å². The van der Waals surface area contributed by atoms with E-state index in [-0.39, 0.29) is 0 Å². The molecule has 0 radical (unpaired) electrons. The zero-order valence-corrected chi connectivity index (χ0v) is 14.7. The fourth-order valence-electron chi connectivity index (χ4n) is 2.71. The molecular formula is C18H38OS. The molecule has 0 aromatic carbocycles. The lowest BCUT2D eigenvalue weighted by Gasteiger charge is -2.03. The summed E-state index contributed by atoms with van der Waals surface area (Å²) in [6.45, 7) is 2.29. The molecule has 0 aromatic heterocycles. The second-order valence-corrected chi connectivity index (χ2v) is 6.80. The predicted molar refractivity (Wildman–Crippen MR) is 94.6 cm³/mol. The van der Waals surface area contributed by atoms with Gasteiger partial charge in [0, 0.05) is 5.75 Å². The Labute approximate surface area is 132 Å². The molecule has 2 heteroatoms. The van der Waals surface area contributed by atoms with Crippen molar-refractivity contribution in [1.29, 1.82) is 0 Å². The van der Waals surface area contributed by atoms with Crippen LogP contribution >= 0.6 is 12.0 Å². The topological polar surface area (TPSA) is 20.2 Å². The molecule has 0 rings (SSSR count). The maximum absolute atomic E-state index is 8.60. The van der Waals surface area contributed by atoms with E-state index in [2.05, 4.69) is 6.92 Å². The summed E-state index contributed by atoms with van der Waals surface area (Å²) in [5.41, 5.74) is 0. The Hall–Kier alpha value is 0.310. The minimum atomic E-state index is 0.915. The van der Waals surface area contributed by atoms with E-state index in [1.807, 2.05) is 0 Å². The smallest absolute Gasteiger partial charge is 0.0195 e. The van der Waals surface area contributed by atoms with Gasteiger partial charge < -0.3 is 4.55 Å². The van der Waals surface area contributed by atoms with Crippen LogP contribution in [0.4, 0.5) is 0 Å². The molecule has 1 nitrogen and oxygen atoms in total. The molecule has 0 saturated heterocycles. The average molecular weight is 303 g/mol. The Bertz CT molecular complexity index is 143. The van der Waals surface area contributed by atoms with Gasteiger partial charge in [0.1, 0.15) is 0 Å². The fourth-order valence-corrected chi connectivity index (χ4v) is 3.05. The van der Waals surface area contributed by atoms with Crippen LogP contribution in [0.5, 0.6) is 0 Å². The Morgan fingerprint density at radius 1 is 0.500 bits per heavy atom. The summed E-state index contributed by atoms with van der Waals surface area (Å²) in [6, 6.07) is 0. The third-order valence-corrected chi connectivity index (χ3v) is 4.56. The summed E-state index contributed by atoms with van der Waals surface area (Å²) in [6.07, 6.45) is 22.5. The molecule has 0 bridgehead atoms. The normalized spacial score (nSPS) is 11.1. The molecule has 0 aromatic rings.